The van der Waals surface area contributed by atoms with Crippen LogP contribution in [0.25, 0.3) is 0 Å². The van der Waals surface area contributed by atoms with Crippen LogP contribution in [0, 0.1) is 0 Å². The van der Waals surface area contributed by atoms with Crippen molar-refractivity contribution in [1.82, 2.24) is 5.32 Å². The van der Waals surface area contributed by atoms with Crippen molar-refractivity contribution in [2.45, 2.75) is 3.79 Å². The second-order valence-electron chi connectivity index (χ2n) is 5.23. The van der Waals surface area contributed by atoms with Crippen molar-refractivity contribution in [1.29, 1.82) is 0 Å². The molecule has 0 radical (unpaired) electrons. The number of amides is 1. The van der Waals surface area contributed by atoms with Crippen LogP contribution in [0.1, 0.15) is 31.8 Å². The molecule has 0 heterocycles. The molecule has 26 heavy (non-hydrogen) atoms. The van der Waals surface area contributed by atoms with Gasteiger partial charge in [0, 0.05) is 16.7 Å². The third-order valence-electron chi connectivity index (χ3n) is 3.61. The van der Waals surface area contributed by atoms with E-state index in [0.29, 0.717) is 5.56 Å². The van der Waals surface area contributed by atoms with E-state index in [-0.39, 0.29) is 34.0 Å². The molecule has 0 saturated heterocycles. The fraction of sp³-hybridized carbons (Fsp3) is 0.118. The summed E-state index contributed by atoms with van der Waals surface area (Å²) in [6, 6.07) is 11.1. The van der Waals surface area contributed by atoms with E-state index in [0.717, 1.165) is 0 Å². The van der Waals surface area contributed by atoms with Gasteiger partial charge in [0.2, 0.25) is 0 Å². The lowest BCUT2D eigenvalue weighted by Crippen LogP contribution is -2.36. The maximum Gasteiger partial charge on any atom is 0.274 e. The third kappa shape index (κ3) is 3.54. The van der Waals surface area contributed by atoms with E-state index >= 15 is 0 Å². The molecule has 0 saturated carbocycles. The van der Waals surface area contributed by atoms with E-state index in [9.17, 15) is 14.4 Å². The van der Waals surface area contributed by atoms with Crippen molar-refractivity contribution in [3.63, 3.8) is 0 Å². The van der Waals surface area contributed by atoms with Gasteiger partial charge >= 0.3 is 0 Å². The molecule has 3 rings (SSSR count). The van der Waals surface area contributed by atoms with E-state index in [1.165, 1.54) is 12.1 Å². The summed E-state index contributed by atoms with van der Waals surface area (Å²) in [6.07, 6.45) is 0. The first-order chi connectivity index (χ1) is 12.3. The Morgan fingerprint density at radius 2 is 1.54 bits per heavy atom. The average molecular weight is 415 g/mol. The summed E-state index contributed by atoms with van der Waals surface area (Å²) >= 11 is 16.2. The zero-order valence-electron chi connectivity index (χ0n) is 12.9. The van der Waals surface area contributed by atoms with Crippen LogP contribution in [0.5, 0.6) is 5.75 Å². The highest BCUT2D eigenvalue weighted by Crippen LogP contribution is 2.33. The second kappa shape index (κ2) is 7.25. The minimum Gasteiger partial charge on any atom is -0.335 e. The highest BCUT2D eigenvalue weighted by Gasteiger charge is 2.33. The van der Waals surface area contributed by atoms with Gasteiger partial charge in [-0.05, 0) is 6.07 Å². The lowest BCUT2D eigenvalue weighted by atomic mass is 9.84. The number of hydrogen-bond donors (Lipinski definition) is 1. The zero-order chi connectivity index (χ0) is 18.9. The summed E-state index contributed by atoms with van der Waals surface area (Å²) in [5, 5.41) is 2.17. The Hall–Kier alpha value is -2.12. The number of rotatable bonds is 4. The first-order valence-electron chi connectivity index (χ1n) is 7.26. The van der Waals surface area contributed by atoms with Gasteiger partial charge in [0.1, 0.15) is 0 Å². The number of nitrogens with one attached hydrogen (secondary N) is 1. The molecule has 134 valence electrons. The lowest BCUT2D eigenvalue weighted by Gasteiger charge is -2.19. The number of halogens is 3. The molecule has 2 aromatic carbocycles. The molecule has 0 aromatic heterocycles. The van der Waals surface area contributed by atoms with Gasteiger partial charge in [0.15, 0.2) is 24.0 Å². The molecule has 1 aliphatic carbocycles. The van der Waals surface area contributed by atoms with Crippen LogP contribution in [-0.2, 0) is 9.68 Å². The topological polar surface area (TPSA) is 81.7 Å². The Balaban J connectivity index is 1.78. The molecule has 0 bridgehead atoms. The first kappa shape index (κ1) is 18.7. The van der Waals surface area contributed by atoms with E-state index < -0.39 is 16.4 Å². The molecule has 2 aromatic rings. The van der Waals surface area contributed by atoms with Gasteiger partial charge in [-0.3, -0.25) is 14.4 Å². The minimum atomic E-state index is -2.14. The maximum atomic E-state index is 12.7. The van der Waals surface area contributed by atoms with Crippen LogP contribution in [-0.4, -0.2) is 28.0 Å². The minimum absolute atomic E-state index is 0.0403. The average Bonchev–Trinajstić information content (AvgIpc) is 2.62. The SMILES string of the molecule is O=C1c2ccccc2C(=O)c2c(OOCNC(=O)C(Cl)(Cl)Cl)cccc21. The lowest BCUT2D eigenvalue weighted by molar-refractivity contribution is -0.212. The third-order valence-corrected chi connectivity index (χ3v) is 4.13. The van der Waals surface area contributed by atoms with Crippen LogP contribution >= 0.6 is 34.8 Å². The molecule has 0 unspecified atom stereocenters. The fourth-order valence-corrected chi connectivity index (χ4v) is 2.67. The number of ketones is 2. The molecule has 1 amide bonds. The van der Waals surface area contributed by atoms with Crippen molar-refractivity contribution in [3.8, 4) is 5.75 Å². The van der Waals surface area contributed by atoms with Gasteiger partial charge in [0.05, 0.1) is 5.56 Å². The second-order valence-corrected chi connectivity index (χ2v) is 7.51. The quantitative estimate of drug-likeness (QED) is 0.233. The Bertz CT molecular complexity index is 908. The van der Waals surface area contributed by atoms with Crippen molar-refractivity contribution in [2.75, 3.05) is 6.73 Å². The van der Waals surface area contributed by atoms with Gasteiger partial charge in [0.25, 0.3) is 9.70 Å². The normalized spacial score (nSPS) is 13.0. The molecule has 0 atom stereocenters. The summed E-state index contributed by atoms with van der Waals surface area (Å²) < 4.78 is -2.14. The number of carbonyl (C=O) groups is 3. The number of benzene rings is 2. The monoisotopic (exact) mass is 413 g/mol. The molecule has 0 aliphatic heterocycles. The van der Waals surface area contributed by atoms with Crippen molar-refractivity contribution >= 4 is 52.3 Å². The summed E-state index contributed by atoms with van der Waals surface area (Å²) in [5.41, 5.74) is 0.910. The highest BCUT2D eigenvalue weighted by molar-refractivity contribution is 6.76. The smallest absolute Gasteiger partial charge is 0.274 e. The van der Waals surface area contributed by atoms with Crippen molar-refractivity contribution in [2.24, 2.45) is 0 Å². The molecule has 0 spiro atoms. The largest absolute Gasteiger partial charge is 0.335 e. The van der Waals surface area contributed by atoms with Gasteiger partial charge < -0.3 is 10.2 Å². The molecule has 6 nitrogen and oxygen atoms in total. The fourth-order valence-electron chi connectivity index (χ4n) is 2.47. The molecule has 1 N–H and O–H groups in total. The molecular weight excluding hydrogens is 405 g/mol. The van der Waals surface area contributed by atoms with Crippen LogP contribution in [0.2, 0.25) is 0 Å². The molecular formula is C17H10Cl3NO5. The summed E-state index contributed by atoms with van der Waals surface area (Å²) in [7, 11) is 0. The van der Waals surface area contributed by atoms with Crippen LogP contribution < -0.4 is 10.2 Å². The highest BCUT2D eigenvalue weighted by atomic mass is 35.6. The Morgan fingerprint density at radius 1 is 0.923 bits per heavy atom. The van der Waals surface area contributed by atoms with Crippen LogP contribution in [0.4, 0.5) is 0 Å². The van der Waals surface area contributed by atoms with E-state index in [1.54, 1.807) is 30.3 Å². The number of alkyl halides is 3. The summed E-state index contributed by atoms with van der Waals surface area (Å²) in [5.74, 6) is -1.51. The van der Waals surface area contributed by atoms with Gasteiger partial charge in [-0.2, -0.15) is 4.89 Å². The maximum absolute atomic E-state index is 12.7. The predicted molar refractivity (Wildman–Crippen MR) is 94.8 cm³/mol. The Morgan fingerprint density at radius 3 is 2.19 bits per heavy atom. The number of carbonyl (C=O) groups excluding carboxylic acids is 3. The summed E-state index contributed by atoms with van der Waals surface area (Å²) in [4.78, 5) is 46.7. The van der Waals surface area contributed by atoms with E-state index in [2.05, 4.69) is 5.32 Å². The van der Waals surface area contributed by atoms with Crippen LogP contribution in [0.15, 0.2) is 42.5 Å². The van der Waals surface area contributed by atoms with E-state index in [4.69, 9.17) is 44.6 Å². The Kier molecular flexibility index (Phi) is 5.20. The van der Waals surface area contributed by atoms with Crippen molar-refractivity contribution in [3.05, 3.63) is 64.7 Å². The number of hydrogen-bond acceptors (Lipinski definition) is 5. The number of fused-ring (bicyclic) bond motifs is 2. The van der Waals surface area contributed by atoms with E-state index in [1.807, 2.05) is 0 Å². The standard InChI is InChI=1S/C17H10Cl3NO5/c18-17(19,20)16(24)21-8-25-26-12-7-3-6-11-13(12)15(23)10-5-2-1-4-9(10)14(11)22/h1-7H,8H2,(H,21,24). The molecule has 0 fully saturated rings. The molecule has 9 heteroatoms. The zero-order valence-corrected chi connectivity index (χ0v) is 15.2. The Labute approximate surface area is 162 Å². The van der Waals surface area contributed by atoms with Gasteiger partial charge in [-0.15, -0.1) is 0 Å². The predicted octanol–water partition coefficient (Wildman–Crippen LogP) is 3.22. The van der Waals surface area contributed by atoms with Gasteiger partial charge in [-0.25, -0.2) is 0 Å². The van der Waals surface area contributed by atoms with Crippen LogP contribution in [0.3, 0.4) is 0 Å². The first-order valence-corrected chi connectivity index (χ1v) is 8.40. The van der Waals surface area contributed by atoms with Crippen molar-refractivity contribution < 1.29 is 24.2 Å². The van der Waals surface area contributed by atoms with Gasteiger partial charge in [-0.1, -0.05) is 71.2 Å². The molecule has 1 aliphatic rings. The summed E-state index contributed by atoms with van der Waals surface area (Å²) in [6.45, 7) is -0.435.